The van der Waals surface area contributed by atoms with Gasteiger partial charge < -0.3 is 10.1 Å². The van der Waals surface area contributed by atoms with Crippen LogP contribution in [-0.4, -0.2) is 21.8 Å². The molecule has 1 N–H and O–H groups in total. The van der Waals surface area contributed by atoms with E-state index in [-0.39, 0.29) is 12.5 Å². The molecule has 0 spiro atoms. The number of aromatic nitrogens is 1. The lowest BCUT2D eigenvalue weighted by molar-refractivity contribution is -0.131. The Kier molecular flexibility index (Phi) is 5.34. The molecular weight excluding hydrogens is 434 g/mol. The third-order valence-corrected chi connectivity index (χ3v) is 6.78. The molecule has 0 bridgehead atoms. The summed E-state index contributed by atoms with van der Waals surface area (Å²) in [6.45, 7) is 4.23. The number of nitrogens with one attached hydrogen (secondary N) is 1. The van der Waals surface area contributed by atoms with E-state index >= 15 is 0 Å². The van der Waals surface area contributed by atoms with Gasteiger partial charge in [0.2, 0.25) is 0 Å². The molecule has 166 valence electrons. The van der Waals surface area contributed by atoms with Gasteiger partial charge in [-0.3, -0.25) is 9.69 Å². The van der Waals surface area contributed by atoms with E-state index in [2.05, 4.69) is 10.3 Å². The Morgan fingerprint density at radius 3 is 2.58 bits per heavy atom. The fourth-order valence-corrected chi connectivity index (χ4v) is 4.66. The summed E-state index contributed by atoms with van der Waals surface area (Å²) in [7, 11) is 0. The van der Waals surface area contributed by atoms with Crippen molar-refractivity contribution < 1.29 is 14.3 Å². The first-order chi connectivity index (χ1) is 15.9. The topological polar surface area (TPSA) is 71.5 Å². The van der Waals surface area contributed by atoms with Gasteiger partial charge in [-0.05, 0) is 48.4 Å². The molecule has 1 atom stereocenters. The zero-order valence-electron chi connectivity index (χ0n) is 18.4. The van der Waals surface area contributed by atoms with E-state index < -0.39 is 11.6 Å². The average molecular weight is 458 g/mol. The molecular formula is C26H23N3O3S. The van der Waals surface area contributed by atoms with E-state index in [0.717, 1.165) is 27.1 Å². The molecule has 0 saturated carbocycles. The minimum absolute atomic E-state index is 0.120. The van der Waals surface area contributed by atoms with Gasteiger partial charge in [0.05, 0.1) is 12.2 Å². The van der Waals surface area contributed by atoms with Crippen molar-refractivity contribution in [2.45, 2.75) is 32.5 Å². The van der Waals surface area contributed by atoms with E-state index in [9.17, 15) is 9.59 Å². The Hall–Kier alpha value is -3.71. The molecule has 1 fully saturated rings. The second-order valence-corrected chi connectivity index (χ2v) is 9.29. The molecule has 6 nitrogen and oxygen atoms in total. The molecule has 7 heteroatoms. The average Bonchev–Trinajstić information content (AvgIpc) is 3.36. The lowest BCUT2D eigenvalue weighted by atomic mass is 9.90. The van der Waals surface area contributed by atoms with Crippen molar-refractivity contribution in [2.75, 3.05) is 0 Å². The highest BCUT2D eigenvalue weighted by molar-refractivity contribution is 7.09. The normalized spacial score (nSPS) is 18.1. The summed E-state index contributed by atoms with van der Waals surface area (Å²) in [4.78, 5) is 31.8. The number of imide groups is 1. The van der Waals surface area contributed by atoms with Gasteiger partial charge in [0.25, 0.3) is 5.91 Å². The molecule has 1 aliphatic heterocycles. The number of rotatable bonds is 6. The molecule has 3 aromatic carbocycles. The summed E-state index contributed by atoms with van der Waals surface area (Å²) in [6.07, 6.45) is 0. The Balaban J connectivity index is 1.29. The minimum Gasteiger partial charge on any atom is -0.486 e. The number of carbonyl (C=O) groups excluding carboxylic acids is 2. The molecule has 0 aliphatic carbocycles. The zero-order valence-corrected chi connectivity index (χ0v) is 19.2. The summed E-state index contributed by atoms with van der Waals surface area (Å²) in [6, 6.07) is 21.2. The maximum Gasteiger partial charge on any atom is 0.325 e. The predicted molar refractivity (Wildman–Crippen MR) is 128 cm³/mol. The van der Waals surface area contributed by atoms with E-state index in [1.807, 2.05) is 79.0 Å². The predicted octanol–water partition coefficient (Wildman–Crippen LogP) is 5.15. The Labute approximate surface area is 195 Å². The number of amides is 3. The van der Waals surface area contributed by atoms with Crippen LogP contribution in [0.3, 0.4) is 0 Å². The molecule has 1 aliphatic rings. The summed E-state index contributed by atoms with van der Waals surface area (Å²) in [5.41, 5.74) is 1.47. The Bertz CT molecular complexity index is 1350. The lowest BCUT2D eigenvalue weighted by Crippen LogP contribution is -2.40. The van der Waals surface area contributed by atoms with Gasteiger partial charge in [0.1, 0.15) is 22.9 Å². The zero-order chi connectivity index (χ0) is 23.0. The fourth-order valence-electron chi connectivity index (χ4n) is 3.97. The number of hydrogen-bond donors (Lipinski definition) is 1. The van der Waals surface area contributed by atoms with Crippen LogP contribution in [0.25, 0.3) is 10.8 Å². The number of thiazole rings is 1. The summed E-state index contributed by atoms with van der Waals surface area (Å²) in [5, 5.41) is 7.63. The van der Waals surface area contributed by atoms with E-state index in [1.54, 1.807) is 6.92 Å². The smallest absolute Gasteiger partial charge is 0.325 e. The van der Waals surface area contributed by atoms with E-state index in [0.29, 0.717) is 12.3 Å². The second-order valence-electron chi connectivity index (χ2n) is 8.34. The molecule has 0 radical (unpaired) electrons. The fraction of sp³-hybridized carbons (Fsp3) is 0.192. The third kappa shape index (κ3) is 4.07. The van der Waals surface area contributed by atoms with Crippen LogP contribution in [0.15, 0.2) is 72.1 Å². The molecule has 5 rings (SSSR count). The van der Waals surface area contributed by atoms with Gasteiger partial charge in [-0.15, -0.1) is 11.3 Å². The molecule has 1 aromatic heterocycles. The van der Waals surface area contributed by atoms with Crippen LogP contribution < -0.4 is 10.1 Å². The van der Waals surface area contributed by atoms with Crippen molar-refractivity contribution in [3.8, 4) is 5.75 Å². The Morgan fingerprint density at radius 2 is 1.79 bits per heavy atom. The van der Waals surface area contributed by atoms with Crippen molar-refractivity contribution in [2.24, 2.45) is 0 Å². The number of aryl methyl sites for hydroxylation is 1. The molecule has 1 unspecified atom stereocenters. The van der Waals surface area contributed by atoms with Gasteiger partial charge in [0, 0.05) is 5.38 Å². The van der Waals surface area contributed by atoms with Crippen LogP contribution in [-0.2, 0) is 23.5 Å². The first kappa shape index (κ1) is 21.2. The van der Waals surface area contributed by atoms with Crippen molar-refractivity contribution in [1.82, 2.24) is 15.2 Å². The standard InChI is InChI=1S/C26H23N3O3S/c1-17-7-11-22(12-8-17)32-15-23-27-21(16-33-23)14-29-24(30)26(2,28-25(29)31)20-10-9-18-5-3-4-6-19(18)13-20/h3-13,16H,14-15H2,1-2H3,(H,28,31). The summed E-state index contributed by atoms with van der Waals surface area (Å²) < 4.78 is 5.79. The number of benzene rings is 3. The third-order valence-electron chi connectivity index (χ3n) is 5.90. The number of ether oxygens (including phenoxy) is 1. The summed E-state index contributed by atoms with van der Waals surface area (Å²) in [5.74, 6) is 0.492. The number of hydrogen-bond acceptors (Lipinski definition) is 5. The van der Waals surface area contributed by atoms with Gasteiger partial charge in [0.15, 0.2) is 0 Å². The minimum atomic E-state index is -1.12. The van der Waals surface area contributed by atoms with E-state index in [1.165, 1.54) is 21.8 Å². The van der Waals surface area contributed by atoms with E-state index in [4.69, 9.17) is 4.74 Å². The monoisotopic (exact) mass is 457 g/mol. The largest absolute Gasteiger partial charge is 0.486 e. The maximum atomic E-state index is 13.3. The van der Waals surface area contributed by atoms with Gasteiger partial charge in [-0.2, -0.15) is 0 Å². The number of carbonyl (C=O) groups is 2. The molecule has 2 heterocycles. The molecule has 3 amide bonds. The van der Waals surface area contributed by atoms with Crippen molar-refractivity contribution in [1.29, 1.82) is 0 Å². The van der Waals surface area contributed by atoms with Crippen LogP contribution in [0.4, 0.5) is 4.79 Å². The van der Waals surface area contributed by atoms with Crippen LogP contribution >= 0.6 is 11.3 Å². The molecule has 33 heavy (non-hydrogen) atoms. The number of nitrogens with zero attached hydrogens (tertiary/aromatic N) is 2. The second kappa shape index (κ2) is 8.33. The van der Waals surface area contributed by atoms with Crippen molar-refractivity contribution in [3.63, 3.8) is 0 Å². The van der Waals surface area contributed by atoms with Gasteiger partial charge in [-0.1, -0.05) is 54.1 Å². The van der Waals surface area contributed by atoms with Crippen LogP contribution in [0.1, 0.15) is 28.8 Å². The number of fused-ring (bicyclic) bond motifs is 1. The van der Waals surface area contributed by atoms with Gasteiger partial charge >= 0.3 is 6.03 Å². The highest BCUT2D eigenvalue weighted by Crippen LogP contribution is 2.32. The highest BCUT2D eigenvalue weighted by Gasteiger charge is 2.49. The van der Waals surface area contributed by atoms with Crippen LogP contribution in [0.2, 0.25) is 0 Å². The molecule has 4 aromatic rings. The van der Waals surface area contributed by atoms with Crippen LogP contribution in [0, 0.1) is 6.92 Å². The summed E-state index contributed by atoms with van der Waals surface area (Å²) >= 11 is 1.45. The maximum absolute atomic E-state index is 13.3. The van der Waals surface area contributed by atoms with Crippen molar-refractivity contribution >= 4 is 34.0 Å². The highest BCUT2D eigenvalue weighted by atomic mass is 32.1. The SMILES string of the molecule is Cc1ccc(OCc2nc(CN3C(=O)NC(C)(c4ccc5ccccc5c4)C3=O)cs2)cc1. The van der Waals surface area contributed by atoms with Gasteiger partial charge in [-0.25, -0.2) is 9.78 Å². The Morgan fingerprint density at radius 1 is 1.03 bits per heavy atom. The molecule has 1 saturated heterocycles. The van der Waals surface area contributed by atoms with Crippen LogP contribution in [0.5, 0.6) is 5.75 Å². The quantitative estimate of drug-likeness (QED) is 0.407. The number of urea groups is 1. The van der Waals surface area contributed by atoms with Crippen molar-refractivity contribution in [3.05, 3.63) is 93.9 Å². The first-order valence-corrected chi connectivity index (χ1v) is 11.6. The first-order valence-electron chi connectivity index (χ1n) is 10.7. The lowest BCUT2D eigenvalue weighted by Gasteiger charge is -2.22.